The number of hydrogen-bond acceptors (Lipinski definition) is 3. The molecule has 2 aromatic carbocycles. The van der Waals surface area contributed by atoms with Crippen LogP contribution in [-0.2, 0) is 16.1 Å². The van der Waals surface area contributed by atoms with Crippen LogP contribution in [0.5, 0.6) is 5.75 Å². The Morgan fingerprint density at radius 2 is 2.00 bits per heavy atom. The molecule has 1 N–H and O–H groups in total. The summed E-state index contributed by atoms with van der Waals surface area (Å²) in [6.07, 6.45) is 1.59. The zero-order valence-electron chi connectivity index (χ0n) is 12.3. The summed E-state index contributed by atoms with van der Waals surface area (Å²) in [7, 11) is 0. The molecule has 0 fully saturated rings. The van der Waals surface area contributed by atoms with Gasteiger partial charge in [-0.25, -0.2) is 0 Å². The monoisotopic (exact) mass is 295 g/mol. The van der Waals surface area contributed by atoms with Gasteiger partial charge in [-0.15, -0.1) is 0 Å². The maximum Gasteiger partial charge on any atom is 0.293 e. The van der Waals surface area contributed by atoms with Crippen LogP contribution in [0.3, 0.4) is 0 Å². The summed E-state index contributed by atoms with van der Waals surface area (Å²) in [6.45, 7) is 2.85. The van der Waals surface area contributed by atoms with Crippen LogP contribution in [-0.4, -0.2) is 11.5 Å². The summed E-state index contributed by atoms with van der Waals surface area (Å²) in [6, 6.07) is 15.9. The van der Waals surface area contributed by atoms with Crippen molar-refractivity contribution in [1.29, 1.82) is 0 Å². The van der Waals surface area contributed by atoms with Crippen LogP contribution in [0, 0.1) is 0 Å². The highest BCUT2D eigenvalue weighted by atomic mass is 16.5. The molecule has 0 radical (unpaired) electrons. The second kappa shape index (κ2) is 6.35. The number of carbonyl (C=O) groups is 1. The largest absolute Gasteiger partial charge is 0.489 e. The molecule has 0 aliphatic heterocycles. The standard InChI is InChI=1S/C18H17NO3/c1-13(22-12-20)17-10-19-18-9-15(7-8-16(17)18)21-11-14-5-3-2-4-6-14/h2-10,12-13,19H,11H2,1H3. The molecule has 4 heteroatoms. The Labute approximate surface area is 128 Å². The van der Waals surface area contributed by atoms with Gasteiger partial charge >= 0.3 is 0 Å². The van der Waals surface area contributed by atoms with E-state index in [9.17, 15) is 4.79 Å². The van der Waals surface area contributed by atoms with Crippen molar-refractivity contribution >= 4 is 17.4 Å². The van der Waals surface area contributed by atoms with Gasteiger partial charge < -0.3 is 14.5 Å². The van der Waals surface area contributed by atoms with Gasteiger partial charge in [0.2, 0.25) is 0 Å². The average molecular weight is 295 g/mol. The second-order valence-corrected chi connectivity index (χ2v) is 5.10. The van der Waals surface area contributed by atoms with Crippen molar-refractivity contribution in [3.63, 3.8) is 0 Å². The zero-order chi connectivity index (χ0) is 15.4. The maximum atomic E-state index is 10.5. The van der Waals surface area contributed by atoms with Crippen LogP contribution in [0.15, 0.2) is 54.7 Å². The molecule has 112 valence electrons. The van der Waals surface area contributed by atoms with Gasteiger partial charge in [0.05, 0.1) is 0 Å². The van der Waals surface area contributed by atoms with E-state index < -0.39 is 0 Å². The summed E-state index contributed by atoms with van der Waals surface area (Å²) in [4.78, 5) is 13.7. The fourth-order valence-corrected chi connectivity index (χ4v) is 2.45. The third-order valence-electron chi connectivity index (χ3n) is 3.63. The van der Waals surface area contributed by atoms with Gasteiger partial charge in [0.1, 0.15) is 18.5 Å². The molecule has 4 nitrogen and oxygen atoms in total. The summed E-state index contributed by atoms with van der Waals surface area (Å²) in [5, 5.41) is 1.03. The molecule has 0 amide bonds. The van der Waals surface area contributed by atoms with Crippen molar-refractivity contribution in [3.05, 3.63) is 65.9 Å². The Hall–Kier alpha value is -2.75. The van der Waals surface area contributed by atoms with Gasteiger partial charge in [0.25, 0.3) is 6.47 Å². The molecule has 0 spiro atoms. The number of H-pyrrole nitrogens is 1. The van der Waals surface area contributed by atoms with Gasteiger partial charge in [-0.05, 0) is 24.6 Å². The minimum atomic E-state index is -0.276. The van der Waals surface area contributed by atoms with Crippen LogP contribution in [0.1, 0.15) is 24.2 Å². The number of benzene rings is 2. The van der Waals surface area contributed by atoms with E-state index in [0.717, 1.165) is 27.8 Å². The van der Waals surface area contributed by atoms with Gasteiger partial charge in [0.15, 0.2) is 0 Å². The van der Waals surface area contributed by atoms with Crippen molar-refractivity contribution in [1.82, 2.24) is 4.98 Å². The number of rotatable bonds is 6. The molecule has 1 unspecified atom stereocenters. The molecule has 3 aromatic rings. The third kappa shape index (κ3) is 2.96. The number of aromatic nitrogens is 1. The normalized spacial score (nSPS) is 12.0. The predicted molar refractivity (Wildman–Crippen MR) is 84.6 cm³/mol. The summed E-state index contributed by atoms with van der Waals surface area (Å²) >= 11 is 0. The molecule has 3 rings (SSSR count). The van der Waals surface area contributed by atoms with E-state index in [0.29, 0.717) is 13.1 Å². The highest BCUT2D eigenvalue weighted by Crippen LogP contribution is 2.28. The second-order valence-electron chi connectivity index (χ2n) is 5.10. The Morgan fingerprint density at radius 3 is 2.77 bits per heavy atom. The smallest absolute Gasteiger partial charge is 0.293 e. The molecule has 1 atom stereocenters. The number of carbonyl (C=O) groups excluding carboxylic acids is 1. The summed E-state index contributed by atoms with van der Waals surface area (Å²) in [5.41, 5.74) is 3.04. The van der Waals surface area contributed by atoms with E-state index in [1.807, 2.05) is 61.7 Å². The molecule has 0 bridgehead atoms. The molecular weight excluding hydrogens is 278 g/mol. The lowest BCUT2D eigenvalue weighted by atomic mass is 10.1. The summed E-state index contributed by atoms with van der Waals surface area (Å²) < 4.78 is 10.8. The van der Waals surface area contributed by atoms with Crippen LogP contribution < -0.4 is 4.74 Å². The highest BCUT2D eigenvalue weighted by Gasteiger charge is 2.12. The lowest BCUT2D eigenvalue weighted by molar-refractivity contribution is -0.133. The maximum absolute atomic E-state index is 10.5. The number of hydrogen-bond donors (Lipinski definition) is 1. The fraction of sp³-hybridized carbons (Fsp3) is 0.167. The molecule has 0 aliphatic rings. The van der Waals surface area contributed by atoms with Crippen molar-refractivity contribution < 1.29 is 14.3 Å². The predicted octanol–water partition coefficient (Wildman–Crippen LogP) is 3.98. The van der Waals surface area contributed by atoms with Crippen LogP contribution in [0.25, 0.3) is 10.9 Å². The number of nitrogens with one attached hydrogen (secondary N) is 1. The fourth-order valence-electron chi connectivity index (χ4n) is 2.45. The van der Waals surface area contributed by atoms with Crippen molar-refractivity contribution in [3.8, 4) is 5.75 Å². The first-order chi connectivity index (χ1) is 10.8. The van der Waals surface area contributed by atoms with E-state index in [-0.39, 0.29) is 6.10 Å². The van der Waals surface area contributed by atoms with Crippen LogP contribution >= 0.6 is 0 Å². The number of ether oxygens (including phenoxy) is 2. The minimum Gasteiger partial charge on any atom is -0.489 e. The van der Waals surface area contributed by atoms with Gasteiger partial charge in [-0.3, -0.25) is 4.79 Å². The zero-order valence-corrected chi connectivity index (χ0v) is 12.3. The van der Waals surface area contributed by atoms with Crippen LogP contribution in [0.2, 0.25) is 0 Å². The quantitative estimate of drug-likeness (QED) is 0.700. The number of aromatic amines is 1. The minimum absolute atomic E-state index is 0.276. The van der Waals surface area contributed by atoms with Gasteiger partial charge in [0, 0.05) is 28.7 Å². The molecule has 22 heavy (non-hydrogen) atoms. The Kier molecular flexibility index (Phi) is 4.10. The molecular formula is C18H17NO3. The molecule has 0 saturated carbocycles. The van der Waals surface area contributed by atoms with E-state index in [2.05, 4.69) is 4.98 Å². The lowest BCUT2D eigenvalue weighted by Crippen LogP contribution is -1.97. The molecule has 1 heterocycles. The Morgan fingerprint density at radius 1 is 1.18 bits per heavy atom. The van der Waals surface area contributed by atoms with Crippen molar-refractivity contribution in [2.24, 2.45) is 0 Å². The number of fused-ring (bicyclic) bond motifs is 1. The highest BCUT2D eigenvalue weighted by molar-refractivity contribution is 5.84. The van der Waals surface area contributed by atoms with E-state index in [1.165, 1.54) is 0 Å². The molecule has 1 aromatic heterocycles. The Balaban J connectivity index is 1.77. The molecule has 0 saturated heterocycles. The summed E-state index contributed by atoms with van der Waals surface area (Å²) in [5.74, 6) is 0.800. The van der Waals surface area contributed by atoms with Crippen molar-refractivity contribution in [2.45, 2.75) is 19.6 Å². The first kappa shape index (κ1) is 14.2. The third-order valence-corrected chi connectivity index (χ3v) is 3.63. The SMILES string of the molecule is CC(OC=O)c1c[nH]c2cc(OCc3ccccc3)ccc12. The van der Waals surface area contributed by atoms with Crippen LogP contribution in [0.4, 0.5) is 0 Å². The molecule has 0 aliphatic carbocycles. The van der Waals surface area contributed by atoms with E-state index in [4.69, 9.17) is 9.47 Å². The van der Waals surface area contributed by atoms with Gasteiger partial charge in [-0.1, -0.05) is 30.3 Å². The van der Waals surface area contributed by atoms with E-state index >= 15 is 0 Å². The Bertz CT molecular complexity index is 764. The first-order valence-corrected chi connectivity index (χ1v) is 7.15. The lowest BCUT2D eigenvalue weighted by Gasteiger charge is -2.09. The van der Waals surface area contributed by atoms with E-state index in [1.54, 1.807) is 0 Å². The topological polar surface area (TPSA) is 51.3 Å². The average Bonchev–Trinajstić information content (AvgIpc) is 2.97. The first-order valence-electron chi connectivity index (χ1n) is 7.15. The van der Waals surface area contributed by atoms with Gasteiger partial charge in [-0.2, -0.15) is 0 Å². The van der Waals surface area contributed by atoms with Crippen molar-refractivity contribution in [2.75, 3.05) is 0 Å².